The summed E-state index contributed by atoms with van der Waals surface area (Å²) < 4.78 is 27.4. The number of rotatable bonds is 8. The van der Waals surface area contributed by atoms with Crippen LogP contribution in [0.3, 0.4) is 0 Å². The van der Waals surface area contributed by atoms with Crippen molar-refractivity contribution in [1.82, 2.24) is 16.0 Å². The monoisotopic (exact) mass is 810 g/mol. The molecule has 3 amide bonds. The average Bonchev–Trinajstić information content (AvgIpc) is 3.22. The molecule has 8 rings (SSSR count). The van der Waals surface area contributed by atoms with E-state index in [1.54, 1.807) is 24.3 Å². The maximum Gasteiger partial charge on any atom is 0.224 e. The number of nitrogens with two attached hydrogens (primary N) is 1. The van der Waals surface area contributed by atoms with E-state index in [2.05, 4.69) is 22.5 Å². The SMILES string of the molecule is C=C(N)c1ccc(CNC(=O)[C@H]2CC(=O)[C@H](CS(=O)(=O)Cc3ccccc3)Cc3ccc(cc3)CNC(=O)Cc3cccc(c3)CC(=O)NCc3ccc(cc3)C2)cc1. The second kappa shape index (κ2) is 19.9. The van der Waals surface area contributed by atoms with Crippen molar-refractivity contribution >= 4 is 39.0 Å². The summed E-state index contributed by atoms with van der Waals surface area (Å²) in [7, 11) is -3.75. The van der Waals surface area contributed by atoms with Crippen LogP contribution >= 0.6 is 0 Å². The molecular formula is C48H50N4O6S. The van der Waals surface area contributed by atoms with Gasteiger partial charge in [0.2, 0.25) is 17.7 Å². The van der Waals surface area contributed by atoms with E-state index in [4.69, 9.17) is 5.73 Å². The van der Waals surface area contributed by atoms with Gasteiger partial charge in [-0.1, -0.05) is 134 Å². The minimum Gasteiger partial charge on any atom is -0.399 e. The predicted molar refractivity (Wildman–Crippen MR) is 230 cm³/mol. The Kier molecular flexibility index (Phi) is 14.3. The summed E-state index contributed by atoms with van der Waals surface area (Å²) in [5.74, 6) is -3.31. The normalized spacial score (nSPS) is 16.9. The van der Waals surface area contributed by atoms with Crippen LogP contribution in [0.1, 0.15) is 56.5 Å². The second-order valence-electron chi connectivity index (χ2n) is 15.3. The fourth-order valence-corrected chi connectivity index (χ4v) is 8.93. The standard InChI is InChI=1S/C48H50N4O6S/c1-33(49)42-20-18-38(19-21-42)30-52-48(56)43-23-34-10-14-36(15-11-34)28-50-46(54)25-40-8-5-9-41(22-40)26-47(55)51-29-37-16-12-35(13-17-37)24-44(45(53)27-43)32-59(57,58)31-39-6-3-2-4-7-39/h2-22,43-44H,1,23-32,49H2,(H,50,54)(H,51,55)(H,52,56)/t43-,44+/m1/s1. The molecule has 11 heteroatoms. The summed E-state index contributed by atoms with van der Waals surface area (Å²) >= 11 is 0. The Bertz CT molecular complexity index is 2380. The van der Waals surface area contributed by atoms with Crippen LogP contribution in [0.25, 0.3) is 5.70 Å². The number of Topliss-reactive ketones (excluding diaryl/α,β-unsaturated/α-hetero) is 1. The summed E-state index contributed by atoms with van der Waals surface area (Å²) in [5, 5.41) is 8.90. The van der Waals surface area contributed by atoms with Crippen LogP contribution in [0.15, 0.2) is 134 Å². The lowest BCUT2D eigenvalue weighted by Crippen LogP contribution is -2.35. The Morgan fingerprint density at radius 3 is 1.75 bits per heavy atom. The quantitative estimate of drug-likeness (QED) is 0.160. The third-order valence-corrected chi connectivity index (χ3v) is 12.1. The highest BCUT2D eigenvalue weighted by Crippen LogP contribution is 2.23. The molecule has 5 N–H and O–H groups in total. The van der Waals surface area contributed by atoms with E-state index in [9.17, 15) is 27.6 Å². The van der Waals surface area contributed by atoms with Crippen LogP contribution in [0.5, 0.6) is 0 Å². The summed E-state index contributed by atoms with van der Waals surface area (Å²) in [5.41, 5.74) is 13.4. The molecule has 304 valence electrons. The molecule has 10 nitrogen and oxygen atoms in total. The maximum absolute atomic E-state index is 14.4. The summed E-state index contributed by atoms with van der Waals surface area (Å²) in [4.78, 5) is 54.2. The van der Waals surface area contributed by atoms with E-state index in [1.165, 1.54) is 0 Å². The van der Waals surface area contributed by atoms with Crippen molar-refractivity contribution in [1.29, 1.82) is 0 Å². The van der Waals surface area contributed by atoms with Crippen LogP contribution in [0.4, 0.5) is 0 Å². The summed E-state index contributed by atoms with van der Waals surface area (Å²) in [6.07, 6.45) is 0.524. The van der Waals surface area contributed by atoms with Crippen LogP contribution < -0.4 is 21.7 Å². The van der Waals surface area contributed by atoms with Crippen molar-refractivity contribution in [3.63, 3.8) is 0 Å². The third-order valence-electron chi connectivity index (χ3n) is 10.5. The highest BCUT2D eigenvalue weighted by molar-refractivity contribution is 7.90. The number of amides is 3. The summed E-state index contributed by atoms with van der Waals surface area (Å²) in [6.45, 7) is 4.55. The number of fused-ring (bicyclic) bond motifs is 2. The number of carbonyl (C=O) groups excluding carboxylic acids is 4. The van der Waals surface area contributed by atoms with Crippen molar-refractivity contribution in [3.05, 3.63) is 184 Å². The van der Waals surface area contributed by atoms with Crippen LogP contribution in [-0.4, -0.2) is 37.7 Å². The molecule has 2 atom stereocenters. The van der Waals surface area contributed by atoms with Gasteiger partial charge in [-0.3, -0.25) is 19.2 Å². The van der Waals surface area contributed by atoms with Gasteiger partial charge >= 0.3 is 0 Å². The Labute approximate surface area is 346 Å². The maximum atomic E-state index is 14.4. The fraction of sp³-hybridized carbons (Fsp3) is 0.250. The zero-order valence-electron chi connectivity index (χ0n) is 33.0. The molecule has 3 aliphatic heterocycles. The first-order valence-corrected chi connectivity index (χ1v) is 21.5. The molecule has 0 aliphatic carbocycles. The number of benzene rings is 5. The lowest BCUT2D eigenvalue weighted by Gasteiger charge is -2.21. The molecule has 6 bridgehead atoms. The van der Waals surface area contributed by atoms with Gasteiger partial charge in [-0.2, -0.15) is 0 Å². The predicted octanol–water partition coefficient (Wildman–Crippen LogP) is 5.56. The number of hydrogen-bond donors (Lipinski definition) is 4. The number of hydrogen-bond acceptors (Lipinski definition) is 7. The van der Waals surface area contributed by atoms with Gasteiger partial charge in [0.05, 0.1) is 24.3 Å². The third kappa shape index (κ3) is 13.1. The molecule has 0 fully saturated rings. The van der Waals surface area contributed by atoms with E-state index in [1.807, 2.05) is 103 Å². The number of sulfone groups is 1. The number of nitrogens with one attached hydrogen (secondary N) is 3. The van der Waals surface area contributed by atoms with E-state index in [0.717, 1.165) is 44.5 Å². The van der Waals surface area contributed by atoms with Gasteiger partial charge in [-0.05, 0) is 62.9 Å². The van der Waals surface area contributed by atoms with Gasteiger partial charge in [0.1, 0.15) is 5.78 Å². The molecular weight excluding hydrogens is 761 g/mol. The van der Waals surface area contributed by atoms with Gasteiger partial charge in [0.25, 0.3) is 0 Å². The van der Waals surface area contributed by atoms with Crippen molar-refractivity contribution in [3.8, 4) is 0 Å². The van der Waals surface area contributed by atoms with E-state index < -0.39 is 21.7 Å². The van der Waals surface area contributed by atoms with E-state index in [-0.39, 0.29) is 80.2 Å². The van der Waals surface area contributed by atoms with Crippen LogP contribution in [0, 0.1) is 11.8 Å². The first-order chi connectivity index (χ1) is 28.4. The molecule has 5 aromatic rings. The molecule has 0 spiro atoms. The molecule has 5 aromatic carbocycles. The topological polar surface area (TPSA) is 165 Å². The first kappa shape index (κ1) is 42.3. The lowest BCUT2D eigenvalue weighted by atomic mass is 9.87. The van der Waals surface area contributed by atoms with Gasteiger partial charge in [0, 0.05) is 43.6 Å². The molecule has 3 heterocycles. The number of carbonyl (C=O) groups is 4. The van der Waals surface area contributed by atoms with E-state index >= 15 is 0 Å². The fourth-order valence-electron chi connectivity index (χ4n) is 7.20. The second-order valence-corrected chi connectivity index (χ2v) is 17.4. The first-order valence-electron chi connectivity index (χ1n) is 19.7. The molecule has 0 unspecified atom stereocenters. The van der Waals surface area contributed by atoms with E-state index in [0.29, 0.717) is 17.8 Å². The minimum atomic E-state index is -3.75. The smallest absolute Gasteiger partial charge is 0.224 e. The number of ketones is 1. The average molecular weight is 811 g/mol. The molecule has 59 heavy (non-hydrogen) atoms. The minimum absolute atomic E-state index is 0.151. The molecule has 3 aliphatic rings. The Morgan fingerprint density at radius 1 is 0.644 bits per heavy atom. The Hall–Kier alpha value is -6.33. The van der Waals surface area contributed by atoms with Gasteiger partial charge < -0.3 is 21.7 Å². The lowest BCUT2D eigenvalue weighted by molar-refractivity contribution is -0.130. The van der Waals surface area contributed by atoms with Gasteiger partial charge in [-0.25, -0.2) is 8.42 Å². The zero-order valence-corrected chi connectivity index (χ0v) is 33.8. The van der Waals surface area contributed by atoms with Crippen LogP contribution in [0.2, 0.25) is 0 Å². The zero-order chi connectivity index (χ0) is 41.8. The van der Waals surface area contributed by atoms with Gasteiger partial charge in [-0.15, -0.1) is 0 Å². The van der Waals surface area contributed by atoms with Crippen molar-refractivity contribution in [2.24, 2.45) is 17.6 Å². The largest absolute Gasteiger partial charge is 0.399 e. The highest BCUT2D eigenvalue weighted by atomic mass is 32.2. The molecule has 0 saturated carbocycles. The summed E-state index contributed by atoms with van der Waals surface area (Å²) in [6, 6.07) is 38.5. The Morgan fingerprint density at radius 2 is 1.19 bits per heavy atom. The Balaban J connectivity index is 1.28. The van der Waals surface area contributed by atoms with Gasteiger partial charge in [0.15, 0.2) is 9.84 Å². The van der Waals surface area contributed by atoms with Crippen molar-refractivity contribution in [2.75, 3.05) is 5.75 Å². The van der Waals surface area contributed by atoms with Crippen molar-refractivity contribution in [2.45, 2.75) is 57.5 Å². The van der Waals surface area contributed by atoms with Crippen LogP contribution in [-0.2, 0) is 80.1 Å². The molecule has 0 radical (unpaired) electrons. The molecule has 0 aromatic heterocycles. The van der Waals surface area contributed by atoms with Crippen molar-refractivity contribution < 1.29 is 27.6 Å². The molecule has 0 saturated heterocycles. The highest BCUT2D eigenvalue weighted by Gasteiger charge is 2.31.